The van der Waals surface area contributed by atoms with E-state index in [9.17, 15) is 0 Å². The Hall–Kier alpha value is -1.10. The van der Waals surface area contributed by atoms with Crippen LogP contribution in [0.5, 0.6) is 0 Å². The molecule has 0 saturated heterocycles. The molecule has 0 fully saturated rings. The molecule has 2 nitrogen and oxygen atoms in total. The van der Waals surface area contributed by atoms with Crippen molar-refractivity contribution in [1.29, 1.82) is 0 Å². The summed E-state index contributed by atoms with van der Waals surface area (Å²) in [5, 5.41) is 7.34. The van der Waals surface area contributed by atoms with E-state index in [2.05, 4.69) is 45.6 Å². The number of thiocarbonyl (C=S) groups is 1. The van der Waals surface area contributed by atoms with E-state index in [1.807, 2.05) is 30.3 Å². The van der Waals surface area contributed by atoms with Gasteiger partial charge in [0.25, 0.3) is 0 Å². The summed E-state index contributed by atoms with van der Waals surface area (Å²) >= 11 is 14.8. The first-order chi connectivity index (χ1) is 9.58. The molecule has 0 saturated carbocycles. The molecule has 5 heteroatoms. The highest BCUT2D eigenvalue weighted by atomic mass is 79.9. The van der Waals surface area contributed by atoms with E-state index in [-0.39, 0.29) is 0 Å². The maximum Gasteiger partial charge on any atom is 0.175 e. The second-order valence-corrected chi connectivity index (χ2v) is 5.98. The fourth-order valence-electron chi connectivity index (χ4n) is 1.70. The lowest BCUT2D eigenvalue weighted by Crippen LogP contribution is -2.19. The summed E-state index contributed by atoms with van der Waals surface area (Å²) in [5.74, 6) is 0. The van der Waals surface area contributed by atoms with Crippen molar-refractivity contribution in [2.24, 2.45) is 0 Å². The highest BCUT2D eigenvalue weighted by molar-refractivity contribution is 9.10. The highest BCUT2D eigenvalue weighted by Gasteiger charge is 2.03. The summed E-state index contributed by atoms with van der Waals surface area (Å²) in [5.41, 5.74) is 3.02. The number of hydrogen-bond acceptors (Lipinski definition) is 1. The van der Waals surface area contributed by atoms with Crippen LogP contribution in [-0.2, 0) is 6.42 Å². The van der Waals surface area contributed by atoms with Crippen LogP contribution in [0.2, 0.25) is 5.02 Å². The Kier molecular flexibility index (Phi) is 5.40. The number of halogens is 2. The molecule has 0 aromatic heterocycles. The second-order valence-electron chi connectivity index (χ2n) is 4.25. The van der Waals surface area contributed by atoms with Crippen molar-refractivity contribution in [3.05, 3.63) is 57.5 Å². The largest absolute Gasteiger partial charge is 0.332 e. The number of aryl methyl sites for hydroxylation is 1. The van der Waals surface area contributed by atoms with Gasteiger partial charge in [0, 0.05) is 10.2 Å². The van der Waals surface area contributed by atoms with Gasteiger partial charge < -0.3 is 10.6 Å². The van der Waals surface area contributed by atoms with Crippen LogP contribution in [0.1, 0.15) is 12.5 Å². The Labute approximate surface area is 137 Å². The van der Waals surface area contributed by atoms with E-state index in [4.69, 9.17) is 23.8 Å². The van der Waals surface area contributed by atoms with Gasteiger partial charge in [-0.15, -0.1) is 0 Å². The molecule has 2 aromatic rings. The van der Waals surface area contributed by atoms with Gasteiger partial charge in [-0.2, -0.15) is 0 Å². The molecule has 0 amide bonds. The molecule has 0 unspecified atom stereocenters. The van der Waals surface area contributed by atoms with Gasteiger partial charge in [0.15, 0.2) is 5.11 Å². The summed E-state index contributed by atoms with van der Waals surface area (Å²) in [7, 11) is 0. The first-order valence-electron chi connectivity index (χ1n) is 6.20. The predicted molar refractivity (Wildman–Crippen MR) is 94.8 cm³/mol. The molecular weight excluding hydrogens is 356 g/mol. The molecule has 2 rings (SSSR count). The minimum Gasteiger partial charge on any atom is -0.332 e. The topological polar surface area (TPSA) is 24.1 Å². The van der Waals surface area contributed by atoms with E-state index in [1.165, 1.54) is 5.56 Å². The van der Waals surface area contributed by atoms with Crippen LogP contribution in [0.25, 0.3) is 0 Å². The van der Waals surface area contributed by atoms with Crippen LogP contribution in [0.4, 0.5) is 11.4 Å². The third kappa shape index (κ3) is 4.20. The van der Waals surface area contributed by atoms with Crippen LogP contribution in [-0.4, -0.2) is 5.11 Å². The average Bonchev–Trinajstić information content (AvgIpc) is 2.43. The van der Waals surface area contributed by atoms with Crippen molar-refractivity contribution < 1.29 is 0 Å². The maximum atomic E-state index is 6.14. The molecular formula is C15H14BrClN2S. The summed E-state index contributed by atoms with van der Waals surface area (Å²) in [4.78, 5) is 0. The van der Waals surface area contributed by atoms with Crippen molar-refractivity contribution >= 4 is 56.2 Å². The SMILES string of the molecule is CCc1ccc(NC(=S)Nc2ccc(Br)cc2Cl)cc1. The van der Waals surface area contributed by atoms with Gasteiger partial charge in [-0.1, -0.05) is 46.6 Å². The van der Waals surface area contributed by atoms with Gasteiger partial charge in [-0.05, 0) is 54.5 Å². The Morgan fingerprint density at radius 3 is 2.45 bits per heavy atom. The molecule has 0 heterocycles. The van der Waals surface area contributed by atoms with Gasteiger partial charge in [0.05, 0.1) is 10.7 Å². The first-order valence-corrected chi connectivity index (χ1v) is 7.78. The van der Waals surface area contributed by atoms with Gasteiger partial charge in [-0.3, -0.25) is 0 Å². The molecule has 0 radical (unpaired) electrons. The van der Waals surface area contributed by atoms with Crippen molar-refractivity contribution in [2.75, 3.05) is 10.6 Å². The highest BCUT2D eigenvalue weighted by Crippen LogP contribution is 2.25. The molecule has 0 bridgehead atoms. The van der Waals surface area contributed by atoms with E-state index >= 15 is 0 Å². The van der Waals surface area contributed by atoms with Crippen LogP contribution in [0.15, 0.2) is 46.9 Å². The maximum absolute atomic E-state index is 6.14. The zero-order valence-electron chi connectivity index (χ0n) is 10.9. The van der Waals surface area contributed by atoms with Gasteiger partial charge in [0.1, 0.15) is 0 Å². The van der Waals surface area contributed by atoms with E-state index in [0.29, 0.717) is 10.1 Å². The number of anilines is 2. The predicted octanol–water partition coefficient (Wildman–Crippen LogP) is 5.47. The van der Waals surface area contributed by atoms with E-state index in [0.717, 1.165) is 22.3 Å². The Bertz CT molecular complexity index is 614. The number of rotatable bonds is 3. The molecule has 2 N–H and O–H groups in total. The number of nitrogens with one attached hydrogen (secondary N) is 2. The van der Waals surface area contributed by atoms with Gasteiger partial charge >= 0.3 is 0 Å². The fourth-order valence-corrected chi connectivity index (χ4v) is 2.65. The smallest absolute Gasteiger partial charge is 0.175 e. The number of benzene rings is 2. The minimum atomic E-state index is 0.512. The Morgan fingerprint density at radius 1 is 1.15 bits per heavy atom. The lowest BCUT2D eigenvalue weighted by molar-refractivity contribution is 1.14. The summed E-state index contributed by atoms with van der Waals surface area (Å²) < 4.78 is 0.932. The van der Waals surface area contributed by atoms with Crippen molar-refractivity contribution in [1.82, 2.24) is 0 Å². The van der Waals surface area contributed by atoms with Crippen LogP contribution in [0.3, 0.4) is 0 Å². The van der Waals surface area contributed by atoms with Crippen molar-refractivity contribution in [3.8, 4) is 0 Å². The van der Waals surface area contributed by atoms with Crippen molar-refractivity contribution in [2.45, 2.75) is 13.3 Å². The summed E-state index contributed by atoms with van der Waals surface area (Å²) in [6, 6.07) is 13.8. The number of hydrogen-bond donors (Lipinski definition) is 2. The molecule has 0 atom stereocenters. The Morgan fingerprint density at radius 2 is 1.85 bits per heavy atom. The molecule has 0 aliphatic carbocycles. The van der Waals surface area contributed by atoms with Crippen molar-refractivity contribution in [3.63, 3.8) is 0 Å². The molecule has 20 heavy (non-hydrogen) atoms. The van der Waals surface area contributed by atoms with Gasteiger partial charge in [-0.25, -0.2) is 0 Å². The third-order valence-electron chi connectivity index (χ3n) is 2.80. The second kappa shape index (κ2) is 7.07. The lowest BCUT2D eigenvalue weighted by Gasteiger charge is -2.12. The van der Waals surface area contributed by atoms with Crippen LogP contribution < -0.4 is 10.6 Å². The Balaban J connectivity index is 2.01. The van der Waals surface area contributed by atoms with Gasteiger partial charge in [0.2, 0.25) is 0 Å². The monoisotopic (exact) mass is 368 g/mol. The van der Waals surface area contributed by atoms with Crippen LogP contribution >= 0.6 is 39.7 Å². The van der Waals surface area contributed by atoms with E-state index in [1.54, 1.807) is 0 Å². The molecule has 0 aliphatic heterocycles. The zero-order valence-corrected chi connectivity index (χ0v) is 14.1. The molecule has 0 aliphatic rings. The molecule has 104 valence electrons. The summed E-state index contributed by atoms with van der Waals surface area (Å²) in [6.45, 7) is 2.13. The zero-order chi connectivity index (χ0) is 14.5. The first kappa shape index (κ1) is 15.3. The normalized spacial score (nSPS) is 10.2. The van der Waals surface area contributed by atoms with Crippen LogP contribution in [0, 0.1) is 0 Å². The standard InChI is InChI=1S/C15H14BrClN2S/c1-2-10-3-6-12(7-4-10)18-15(20)19-14-8-5-11(16)9-13(14)17/h3-9H,2H2,1H3,(H2,18,19,20). The fraction of sp³-hybridized carbons (Fsp3) is 0.133. The summed E-state index contributed by atoms with van der Waals surface area (Å²) in [6.07, 6.45) is 1.03. The quantitative estimate of drug-likeness (QED) is 0.701. The van der Waals surface area contributed by atoms with E-state index < -0.39 is 0 Å². The minimum absolute atomic E-state index is 0.512. The lowest BCUT2D eigenvalue weighted by atomic mass is 10.1. The molecule has 0 spiro atoms. The average molecular weight is 370 g/mol. The molecule has 2 aromatic carbocycles. The third-order valence-corrected chi connectivity index (χ3v) is 3.81.